The number of thiazole rings is 1. The topological polar surface area (TPSA) is 145 Å². The van der Waals surface area contributed by atoms with Crippen molar-refractivity contribution >= 4 is 51.7 Å². The van der Waals surface area contributed by atoms with Crippen LogP contribution in [0.1, 0.15) is 24.1 Å². The Morgan fingerprint density at radius 3 is 2.67 bits per heavy atom. The van der Waals surface area contributed by atoms with Crippen LogP contribution < -0.4 is 15.8 Å². The van der Waals surface area contributed by atoms with E-state index in [-0.39, 0.29) is 40.0 Å². The summed E-state index contributed by atoms with van der Waals surface area (Å²) in [5.74, 6) is -0.846. The maximum atomic E-state index is 13.1. The molecule has 188 valence electrons. The number of esters is 1. The third-order valence-electron chi connectivity index (χ3n) is 6.13. The Hall–Kier alpha value is -3.58. The van der Waals surface area contributed by atoms with Crippen molar-refractivity contribution in [3.63, 3.8) is 0 Å². The molecule has 2 aromatic rings. The van der Waals surface area contributed by atoms with E-state index in [0.29, 0.717) is 5.75 Å². The minimum atomic E-state index is -0.827. The molecule has 2 fully saturated rings. The molecule has 0 unspecified atom stereocenters. The normalized spacial score (nSPS) is 22.6. The lowest BCUT2D eigenvalue weighted by Crippen LogP contribution is -2.72. The highest BCUT2D eigenvalue weighted by atomic mass is 32.2. The molecule has 1 saturated carbocycles. The molecule has 3 aliphatic rings. The van der Waals surface area contributed by atoms with Crippen molar-refractivity contribution < 1.29 is 28.7 Å². The van der Waals surface area contributed by atoms with Gasteiger partial charge in [-0.15, -0.1) is 23.1 Å². The Morgan fingerprint density at radius 2 is 2.06 bits per heavy atom. The Morgan fingerprint density at radius 1 is 1.28 bits per heavy atom. The van der Waals surface area contributed by atoms with Gasteiger partial charge in [-0.3, -0.25) is 14.5 Å². The van der Waals surface area contributed by atoms with Crippen molar-refractivity contribution in [2.24, 2.45) is 5.16 Å². The minimum Gasteiger partial charge on any atom is -0.497 e. The van der Waals surface area contributed by atoms with E-state index in [1.807, 2.05) is 12.1 Å². The third-order valence-corrected chi connectivity index (χ3v) is 8.41. The zero-order valence-corrected chi connectivity index (χ0v) is 21.1. The number of thioether (sulfide) groups is 1. The first kappa shape index (κ1) is 24.1. The van der Waals surface area contributed by atoms with Crippen molar-refractivity contribution in [1.82, 2.24) is 15.2 Å². The summed E-state index contributed by atoms with van der Waals surface area (Å²) in [6.45, 7) is 0.0674. The van der Waals surface area contributed by atoms with Crippen molar-refractivity contribution in [2.75, 3.05) is 20.0 Å². The van der Waals surface area contributed by atoms with E-state index in [2.05, 4.69) is 15.5 Å². The summed E-state index contributed by atoms with van der Waals surface area (Å²) in [5, 5.41) is 8.02. The van der Waals surface area contributed by atoms with E-state index in [1.54, 1.807) is 36.4 Å². The number of fused-ring (bicyclic) bond motifs is 2. The van der Waals surface area contributed by atoms with Crippen LogP contribution in [0.4, 0.5) is 5.13 Å². The van der Waals surface area contributed by atoms with Crippen LogP contribution in [0.25, 0.3) is 0 Å². The zero-order valence-electron chi connectivity index (χ0n) is 19.4. The fourth-order valence-electron chi connectivity index (χ4n) is 4.19. The van der Waals surface area contributed by atoms with Crippen LogP contribution in [0.15, 0.2) is 46.1 Å². The van der Waals surface area contributed by atoms with E-state index in [1.165, 1.54) is 12.0 Å². The molecule has 1 aliphatic carbocycles. The molecule has 2 aliphatic heterocycles. The van der Waals surface area contributed by atoms with Gasteiger partial charge in [-0.1, -0.05) is 17.3 Å². The van der Waals surface area contributed by atoms with Gasteiger partial charge in [-0.25, -0.2) is 9.78 Å². The number of nitrogen functional groups attached to an aromatic ring is 1. The molecule has 1 aromatic carbocycles. The number of amides is 2. The average Bonchev–Trinajstić information content (AvgIpc) is 3.30. The molecule has 0 radical (unpaired) electrons. The summed E-state index contributed by atoms with van der Waals surface area (Å²) in [4.78, 5) is 49.5. The smallest absolute Gasteiger partial charge is 0.355 e. The lowest BCUT2D eigenvalue weighted by Gasteiger charge is -2.54. The van der Waals surface area contributed by atoms with Gasteiger partial charge < -0.3 is 25.4 Å². The maximum Gasteiger partial charge on any atom is 0.355 e. The third kappa shape index (κ3) is 4.28. The quantitative estimate of drug-likeness (QED) is 0.226. The molecule has 11 nitrogen and oxygen atoms in total. The number of ether oxygens (including phenoxy) is 2. The number of methoxy groups -OCH3 is 1. The van der Waals surface area contributed by atoms with Gasteiger partial charge >= 0.3 is 5.97 Å². The Balaban J connectivity index is 1.29. The van der Waals surface area contributed by atoms with Crippen LogP contribution in [0.3, 0.4) is 0 Å². The second-order valence-corrected chi connectivity index (χ2v) is 10.4. The zero-order chi connectivity index (χ0) is 25.4. The fraction of sp³-hybridized carbons (Fsp3) is 0.348. The van der Waals surface area contributed by atoms with E-state index >= 15 is 0 Å². The molecule has 0 spiro atoms. The summed E-state index contributed by atoms with van der Waals surface area (Å²) in [6, 6.07) is 6.37. The lowest BCUT2D eigenvalue weighted by molar-refractivity contribution is -0.153. The Labute approximate surface area is 214 Å². The SMILES string of the molecule is CO/N=C(\C(=O)N[C@@H]1C(=O)N2C(C(=O)OCc3ccc(OC)cc3)=C3CC[C@@H]3S[C@H]12)c1csc(N)n1. The number of nitrogens with two attached hydrogens (primary N) is 1. The molecule has 1 aromatic heterocycles. The largest absolute Gasteiger partial charge is 0.497 e. The van der Waals surface area contributed by atoms with Crippen molar-refractivity contribution in [1.29, 1.82) is 0 Å². The summed E-state index contributed by atoms with van der Waals surface area (Å²) < 4.78 is 10.7. The number of nitrogens with zero attached hydrogens (tertiary/aromatic N) is 3. The maximum absolute atomic E-state index is 13.1. The molecule has 1 saturated heterocycles. The number of aromatic nitrogens is 1. The second kappa shape index (κ2) is 9.82. The van der Waals surface area contributed by atoms with Crippen LogP contribution in [0.5, 0.6) is 5.75 Å². The number of hydrogen-bond acceptors (Lipinski definition) is 11. The average molecular weight is 530 g/mol. The first-order valence-electron chi connectivity index (χ1n) is 11.1. The van der Waals surface area contributed by atoms with Gasteiger partial charge in [0.2, 0.25) is 0 Å². The Bertz CT molecular complexity index is 1270. The highest BCUT2D eigenvalue weighted by molar-refractivity contribution is 8.01. The molecule has 3 heterocycles. The number of hydrogen-bond donors (Lipinski definition) is 2. The van der Waals surface area contributed by atoms with Crippen LogP contribution in [-0.2, 0) is 30.6 Å². The van der Waals surface area contributed by atoms with Gasteiger partial charge in [-0.05, 0) is 36.1 Å². The highest BCUT2D eigenvalue weighted by Gasteiger charge is 2.58. The second-order valence-electron chi connectivity index (χ2n) is 8.20. The Kier molecular flexibility index (Phi) is 6.58. The van der Waals surface area contributed by atoms with E-state index < -0.39 is 23.3 Å². The van der Waals surface area contributed by atoms with Gasteiger partial charge in [0.1, 0.15) is 42.3 Å². The van der Waals surface area contributed by atoms with E-state index in [4.69, 9.17) is 20.0 Å². The van der Waals surface area contributed by atoms with Crippen LogP contribution in [-0.4, -0.2) is 64.3 Å². The van der Waals surface area contributed by atoms with E-state index in [0.717, 1.165) is 35.3 Å². The van der Waals surface area contributed by atoms with Crippen LogP contribution in [0, 0.1) is 0 Å². The van der Waals surface area contributed by atoms with Crippen molar-refractivity contribution in [3.05, 3.63) is 52.2 Å². The van der Waals surface area contributed by atoms with Crippen molar-refractivity contribution in [3.8, 4) is 5.75 Å². The molecule has 13 heteroatoms. The summed E-state index contributed by atoms with van der Waals surface area (Å²) in [6.07, 6.45) is 1.62. The van der Waals surface area contributed by atoms with Gasteiger partial charge in [0.05, 0.1) is 7.11 Å². The van der Waals surface area contributed by atoms with Crippen LogP contribution >= 0.6 is 23.1 Å². The monoisotopic (exact) mass is 529 g/mol. The predicted molar refractivity (Wildman–Crippen MR) is 133 cm³/mol. The highest BCUT2D eigenvalue weighted by Crippen LogP contribution is 2.51. The lowest BCUT2D eigenvalue weighted by atomic mass is 9.87. The number of oxime groups is 1. The molecule has 36 heavy (non-hydrogen) atoms. The number of rotatable bonds is 8. The van der Waals surface area contributed by atoms with Crippen LogP contribution in [0.2, 0.25) is 0 Å². The molecular formula is C23H23N5O6S2. The predicted octanol–water partition coefficient (Wildman–Crippen LogP) is 1.64. The summed E-state index contributed by atoms with van der Waals surface area (Å²) in [5.41, 5.74) is 7.84. The molecule has 0 bridgehead atoms. The van der Waals surface area contributed by atoms with Gasteiger partial charge in [0.15, 0.2) is 10.8 Å². The van der Waals surface area contributed by atoms with E-state index in [9.17, 15) is 14.4 Å². The number of carbonyl (C=O) groups excluding carboxylic acids is 3. The molecule has 2 amide bonds. The fourth-order valence-corrected chi connectivity index (χ4v) is 6.40. The molecule has 5 rings (SSSR count). The number of benzene rings is 1. The summed E-state index contributed by atoms with van der Waals surface area (Å²) >= 11 is 2.71. The summed E-state index contributed by atoms with van der Waals surface area (Å²) in [7, 11) is 2.89. The number of carbonyl (C=O) groups is 3. The minimum absolute atomic E-state index is 0.0674. The standard InChI is InChI=1S/C23H23N5O6S2/c1-32-12-5-3-11(4-6-12)9-34-22(31)18-13-7-8-15(13)36-21-17(20(30)28(18)21)26-19(29)16(27-33-2)14-10-35-23(24)25-14/h3-6,10,15,17,21H,7-9H2,1-2H3,(H2,24,25)(H,26,29)/b27-16-/t15-,17+,21+/m0/s1. The first-order valence-corrected chi connectivity index (χ1v) is 12.9. The number of anilines is 1. The van der Waals surface area contributed by atoms with Crippen molar-refractivity contribution in [2.45, 2.75) is 36.1 Å². The number of nitrogens with one attached hydrogen (secondary N) is 1. The number of β-lactam (4-membered cyclic amide) rings is 1. The van der Waals surface area contributed by atoms with Gasteiger partial charge in [0, 0.05) is 10.6 Å². The molecular weight excluding hydrogens is 506 g/mol. The van der Waals surface area contributed by atoms with Gasteiger partial charge in [-0.2, -0.15) is 0 Å². The molecule has 3 atom stereocenters. The first-order chi connectivity index (χ1) is 17.4. The molecule has 3 N–H and O–H groups in total. The van der Waals surface area contributed by atoms with Gasteiger partial charge in [0.25, 0.3) is 11.8 Å².